The molecule has 4 nitrogen and oxygen atoms in total. The molecule has 1 saturated heterocycles. The quantitative estimate of drug-likeness (QED) is 0.937. The van der Waals surface area contributed by atoms with E-state index < -0.39 is 0 Å². The molecule has 0 amide bonds. The molecule has 21 heavy (non-hydrogen) atoms. The van der Waals surface area contributed by atoms with E-state index in [0.29, 0.717) is 12.2 Å². The van der Waals surface area contributed by atoms with Gasteiger partial charge in [-0.25, -0.2) is 9.37 Å². The first kappa shape index (κ1) is 13.8. The van der Waals surface area contributed by atoms with E-state index in [-0.39, 0.29) is 5.82 Å². The van der Waals surface area contributed by atoms with E-state index in [1.807, 2.05) is 30.5 Å². The molecule has 0 atom stereocenters. The number of pyridine rings is 1. The molecule has 1 aromatic carbocycles. The van der Waals surface area contributed by atoms with Gasteiger partial charge in [0.1, 0.15) is 11.6 Å². The maximum Gasteiger partial charge on any atom is 0.146 e. The predicted octanol–water partition coefficient (Wildman–Crippen LogP) is 2.01. The van der Waals surface area contributed by atoms with E-state index in [1.165, 1.54) is 6.07 Å². The highest BCUT2D eigenvalue weighted by atomic mass is 19.1. The first-order valence-corrected chi connectivity index (χ1v) is 7.17. The Labute approximate surface area is 124 Å². The molecule has 1 aromatic heterocycles. The average molecular weight is 286 g/mol. The molecule has 2 heterocycles. The Morgan fingerprint density at radius 2 is 1.71 bits per heavy atom. The summed E-state index contributed by atoms with van der Waals surface area (Å²) in [5, 5.41) is 0. The van der Waals surface area contributed by atoms with Crippen LogP contribution in [0.5, 0.6) is 0 Å². The van der Waals surface area contributed by atoms with Crippen molar-refractivity contribution >= 4 is 11.5 Å². The topological polar surface area (TPSA) is 45.4 Å². The van der Waals surface area contributed by atoms with E-state index in [1.54, 1.807) is 6.07 Å². The minimum absolute atomic E-state index is 0.156. The van der Waals surface area contributed by atoms with Gasteiger partial charge >= 0.3 is 0 Å². The van der Waals surface area contributed by atoms with Gasteiger partial charge in [0.25, 0.3) is 0 Å². The molecule has 0 aliphatic carbocycles. The van der Waals surface area contributed by atoms with Crippen LogP contribution in [0.3, 0.4) is 0 Å². The van der Waals surface area contributed by atoms with Gasteiger partial charge in [-0.05, 0) is 23.8 Å². The third-order valence-electron chi connectivity index (χ3n) is 3.84. The van der Waals surface area contributed by atoms with Crippen LogP contribution in [0.2, 0.25) is 0 Å². The number of para-hydroxylation sites is 1. The van der Waals surface area contributed by atoms with Crippen molar-refractivity contribution in [3.05, 3.63) is 54.0 Å². The number of benzene rings is 1. The second-order valence-electron chi connectivity index (χ2n) is 5.15. The maximum atomic E-state index is 13.8. The Morgan fingerprint density at radius 1 is 1.00 bits per heavy atom. The fourth-order valence-corrected chi connectivity index (χ4v) is 2.61. The van der Waals surface area contributed by atoms with E-state index in [0.717, 1.165) is 37.6 Å². The molecule has 1 fully saturated rings. The van der Waals surface area contributed by atoms with Crippen molar-refractivity contribution in [2.75, 3.05) is 36.0 Å². The molecule has 2 N–H and O–H groups in total. The second kappa shape index (κ2) is 6.10. The third kappa shape index (κ3) is 2.97. The van der Waals surface area contributed by atoms with Crippen molar-refractivity contribution in [3.63, 3.8) is 0 Å². The molecule has 0 unspecified atom stereocenters. The van der Waals surface area contributed by atoms with Crippen molar-refractivity contribution in [2.24, 2.45) is 5.73 Å². The van der Waals surface area contributed by atoms with Crippen LogP contribution >= 0.6 is 0 Å². The zero-order valence-electron chi connectivity index (χ0n) is 11.9. The smallest absolute Gasteiger partial charge is 0.146 e. The lowest BCUT2D eigenvalue weighted by molar-refractivity contribution is 0.596. The zero-order valence-corrected chi connectivity index (χ0v) is 11.9. The van der Waals surface area contributed by atoms with Crippen LogP contribution in [0.1, 0.15) is 5.56 Å². The Balaban J connectivity index is 1.66. The van der Waals surface area contributed by atoms with Crippen LogP contribution < -0.4 is 15.5 Å². The van der Waals surface area contributed by atoms with Crippen molar-refractivity contribution in [1.29, 1.82) is 0 Å². The molecular weight excluding hydrogens is 267 g/mol. The molecule has 3 rings (SSSR count). The van der Waals surface area contributed by atoms with Crippen molar-refractivity contribution in [3.8, 4) is 0 Å². The molecule has 1 aliphatic rings. The van der Waals surface area contributed by atoms with Gasteiger partial charge in [0.05, 0.1) is 5.69 Å². The molecule has 5 heteroatoms. The number of aromatic nitrogens is 1. The van der Waals surface area contributed by atoms with Crippen LogP contribution in [-0.4, -0.2) is 31.2 Å². The molecule has 0 saturated carbocycles. The molecule has 0 spiro atoms. The lowest BCUT2D eigenvalue weighted by Crippen LogP contribution is -2.47. The highest BCUT2D eigenvalue weighted by molar-refractivity contribution is 5.50. The minimum Gasteiger partial charge on any atom is -0.366 e. The number of nitrogens with two attached hydrogens (primary N) is 1. The summed E-state index contributed by atoms with van der Waals surface area (Å²) < 4.78 is 13.8. The Morgan fingerprint density at radius 3 is 2.33 bits per heavy atom. The minimum atomic E-state index is -0.156. The highest BCUT2D eigenvalue weighted by Crippen LogP contribution is 2.21. The SMILES string of the molecule is NCc1ccc(N2CCN(c3ccccc3F)CC2)nc1. The molecular formula is C16H19FN4. The highest BCUT2D eigenvalue weighted by Gasteiger charge is 2.19. The van der Waals surface area contributed by atoms with Crippen molar-refractivity contribution in [2.45, 2.75) is 6.54 Å². The summed E-state index contributed by atoms with van der Waals surface area (Å²) >= 11 is 0. The number of hydrogen-bond donors (Lipinski definition) is 1. The summed E-state index contributed by atoms with van der Waals surface area (Å²) in [6.45, 7) is 3.77. The van der Waals surface area contributed by atoms with Crippen molar-refractivity contribution < 1.29 is 4.39 Å². The van der Waals surface area contributed by atoms with Crippen LogP contribution in [-0.2, 0) is 6.54 Å². The fourth-order valence-electron chi connectivity index (χ4n) is 2.61. The summed E-state index contributed by atoms with van der Waals surface area (Å²) in [5.41, 5.74) is 7.29. The molecule has 110 valence electrons. The lowest BCUT2D eigenvalue weighted by Gasteiger charge is -2.36. The number of rotatable bonds is 3. The third-order valence-corrected chi connectivity index (χ3v) is 3.84. The van der Waals surface area contributed by atoms with E-state index in [2.05, 4.69) is 14.8 Å². The first-order chi connectivity index (χ1) is 10.3. The predicted molar refractivity (Wildman–Crippen MR) is 83.0 cm³/mol. The molecule has 1 aliphatic heterocycles. The monoisotopic (exact) mass is 286 g/mol. The Kier molecular flexibility index (Phi) is 4.01. The summed E-state index contributed by atoms with van der Waals surface area (Å²) in [7, 11) is 0. The first-order valence-electron chi connectivity index (χ1n) is 7.17. The summed E-state index contributed by atoms with van der Waals surface area (Å²) in [6.07, 6.45) is 1.82. The molecule has 2 aromatic rings. The van der Waals surface area contributed by atoms with Gasteiger partial charge < -0.3 is 15.5 Å². The van der Waals surface area contributed by atoms with Crippen LogP contribution in [0.25, 0.3) is 0 Å². The summed E-state index contributed by atoms with van der Waals surface area (Å²) in [4.78, 5) is 8.75. The molecule has 0 bridgehead atoms. The number of nitrogens with zero attached hydrogens (tertiary/aromatic N) is 3. The van der Waals surface area contributed by atoms with Gasteiger partial charge in [0.2, 0.25) is 0 Å². The van der Waals surface area contributed by atoms with E-state index in [9.17, 15) is 4.39 Å². The number of piperazine rings is 1. The second-order valence-corrected chi connectivity index (χ2v) is 5.15. The fraction of sp³-hybridized carbons (Fsp3) is 0.312. The lowest BCUT2D eigenvalue weighted by atomic mass is 10.2. The van der Waals surface area contributed by atoms with Gasteiger partial charge in [0.15, 0.2) is 0 Å². The van der Waals surface area contributed by atoms with Gasteiger partial charge in [-0.3, -0.25) is 0 Å². The van der Waals surface area contributed by atoms with Crippen LogP contribution in [0, 0.1) is 5.82 Å². The zero-order chi connectivity index (χ0) is 14.7. The van der Waals surface area contributed by atoms with E-state index in [4.69, 9.17) is 5.73 Å². The van der Waals surface area contributed by atoms with Crippen molar-refractivity contribution in [1.82, 2.24) is 4.98 Å². The summed E-state index contributed by atoms with van der Waals surface area (Å²) in [6, 6.07) is 10.9. The van der Waals surface area contributed by atoms with Crippen LogP contribution in [0.15, 0.2) is 42.6 Å². The van der Waals surface area contributed by atoms with Gasteiger partial charge in [-0.2, -0.15) is 0 Å². The van der Waals surface area contributed by atoms with E-state index >= 15 is 0 Å². The van der Waals surface area contributed by atoms with Crippen LogP contribution in [0.4, 0.5) is 15.9 Å². The van der Waals surface area contributed by atoms with Gasteiger partial charge in [0, 0.05) is 38.9 Å². The average Bonchev–Trinajstić information content (AvgIpc) is 2.56. The maximum absolute atomic E-state index is 13.8. The standard InChI is InChI=1S/C16H19FN4/c17-14-3-1-2-4-15(14)20-7-9-21(10-8-20)16-6-5-13(11-18)12-19-16/h1-6,12H,7-11,18H2. The Hall–Kier alpha value is -2.14. The normalized spacial score (nSPS) is 15.3. The van der Waals surface area contributed by atoms with Gasteiger partial charge in [-0.1, -0.05) is 18.2 Å². The number of hydrogen-bond acceptors (Lipinski definition) is 4. The van der Waals surface area contributed by atoms with Gasteiger partial charge in [-0.15, -0.1) is 0 Å². The summed E-state index contributed by atoms with van der Waals surface area (Å²) in [5.74, 6) is 0.803. The largest absolute Gasteiger partial charge is 0.366 e. The number of halogens is 1. The molecule has 0 radical (unpaired) electrons. The number of anilines is 2. The Bertz CT molecular complexity index is 591.